The summed E-state index contributed by atoms with van der Waals surface area (Å²) in [4.78, 5) is 21.7. The molecule has 1 unspecified atom stereocenters. The van der Waals surface area contributed by atoms with Gasteiger partial charge in [0, 0.05) is 60.3 Å². The predicted molar refractivity (Wildman–Crippen MR) is 128 cm³/mol. The summed E-state index contributed by atoms with van der Waals surface area (Å²) in [5, 5.41) is 22.8. The van der Waals surface area contributed by atoms with E-state index in [9.17, 15) is 15.0 Å². The number of furan rings is 1. The largest absolute Gasteiger partial charge is 0.507 e. The fourth-order valence-corrected chi connectivity index (χ4v) is 4.97. The highest BCUT2D eigenvalue weighted by Crippen LogP contribution is 2.47. The van der Waals surface area contributed by atoms with E-state index in [0.717, 1.165) is 31.7 Å². The highest BCUT2D eigenvalue weighted by molar-refractivity contribution is 6.16. The Kier molecular flexibility index (Phi) is 5.95. The van der Waals surface area contributed by atoms with E-state index in [-0.39, 0.29) is 17.4 Å². The Labute approximate surface area is 197 Å². The van der Waals surface area contributed by atoms with Gasteiger partial charge in [-0.25, -0.2) is 4.79 Å². The minimum absolute atomic E-state index is 0.0997. The Morgan fingerprint density at radius 2 is 1.79 bits per heavy atom. The van der Waals surface area contributed by atoms with Crippen molar-refractivity contribution in [3.05, 3.63) is 71.2 Å². The van der Waals surface area contributed by atoms with Crippen molar-refractivity contribution in [2.24, 2.45) is 0 Å². The van der Waals surface area contributed by atoms with E-state index in [4.69, 9.17) is 9.15 Å². The highest BCUT2D eigenvalue weighted by atomic mass is 16.6. The number of likely N-dealkylation sites (N-methyl/N-ethyl adjacent to an activating group) is 1. The average Bonchev–Trinajstić information content (AvgIpc) is 3.20. The summed E-state index contributed by atoms with van der Waals surface area (Å²) in [5.41, 5.74) is 2.27. The van der Waals surface area contributed by atoms with Crippen LogP contribution in [0.5, 0.6) is 5.75 Å². The number of phenols is 1. The van der Waals surface area contributed by atoms with Crippen LogP contribution in [0, 0.1) is 6.92 Å². The molecular formula is C26H27N3O5. The van der Waals surface area contributed by atoms with E-state index >= 15 is 0 Å². The van der Waals surface area contributed by atoms with Crippen LogP contribution in [0.25, 0.3) is 21.7 Å². The number of pyridine rings is 1. The number of aliphatic hydroxyl groups is 1. The standard InChI is InChI=1S/C26H27N3O5/c1-16-20(26(32)33-15-30)21-22(24(31)18-5-3-4-6-19(18)25(21)34-16)23(17-7-9-27-10-8-17)29-13-11-28(2)12-14-29/h3-10,23,30-31H,11-15H2,1-2H3. The normalized spacial score (nSPS) is 16.2. The van der Waals surface area contributed by atoms with Crippen molar-refractivity contribution in [3.63, 3.8) is 0 Å². The van der Waals surface area contributed by atoms with E-state index in [1.54, 1.807) is 19.3 Å². The van der Waals surface area contributed by atoms with Crippen molar-refractivity contribution in [2.75, 3.05) is 40.0 Å². The lowest BCUT2D eigenvalue weighted by Crippen LogP contribution is -2.46. The first kappa shape index (κ1) is 22.3. The summed E-state index contributed by atoms with van der Waals surface area (Å²) in [6.07, 6.45) is 3.46. The first-order chi connectivity index (χ1) is 16.5. The van der Waals surface area contributed by atoms with Crippen molar-refractivity contribution < 1.29 is 24.2 Å². The van der Waals surface area contributed by atoms with Crippen LogP contribution in [-0.2, 0) is 4.74 Å². The van der Waals surface area contributed by atoms with Crippen LogP contribution in [0.2, 0.25) is 0 Å². The topological polar surface area (TPSA) is 99.3 Å². The van der Waals surface area contributed by atoms with Gasteiger partial charge in [0.2, 0.25) is 0 Å². The van der Waals surface area contributed by atoms with Gasteiger partial charge in [-0.15, -0.1) is 0 Å². The molecule has 0 aliphatic carbocycles. The van der Waals surface area contributed by atoms with Gasteiger partial charge in [-0.2, -0.15) is 0 Å². The zero-order valence-electron chi connectivity index (χ0n) is 19.2. The molecule has 34 heavy (non-hydrogen) atoms. The molecule has 5 rings (SSSR count). The number of esters is 1. The second-order valence-electron chi connectivity index (χ2n) is 8.63. The van der Waals surface area contributed by atoms with Crippen LogP contribution in [0.3, 0.4) is 0 Å². The third-order valence-corrected chi connectivity index (χ3v) is 6.63. The Morgan fingerprint density at radius 1 is 1.12 bits per heavy atom. The Balaban J connectivity index is 1.87. The number of hydrogen-bond acceptors (Lipinski definition) is 8. The van der Waals surface area contributed by atoms with Crippen molar-refractivity contribution in [3.8, 4) is 5.75 Å². The molecule has 0 spiro atoms. The number of fused-ring (bicyclic) bond motifs is 3. The maximum Gasteiger partial charge on any atom is 0.344 e. The monoisotopic (exact) mass is 461 g/mol. The SMILES string of the molecule is Cc1oc2c(c1C(=O)OCO)c(C(c1ccncc1)N1CCN(C)CC1)c(O)c1ccccc12. The quantitative estimate of drug-likeness (QED) is 0.345. The van der Waals surface area contributed by atoms with Crippen LogP contribution in [0.4, 0.5) is 0 Å². The number of carbonyl (C=O) groups is 1. The number of aliphatic hydroxyl groups excluding tert-OH is 1. The minimum atomic E-state index is -0.744. The maximum atomic E-state index is 13.0. The molecule has 0 radical (unpaired) electrons. The molecule has 4 aromatic rings. The van der Waals surface area contributed by atoms with E-state index in [0.29, 0.717) is 33.1 Å². The first-order valence-electron chi connectivity index (χ1n) is 11.3. The molecule has 0 saturated carbocycles. The van der Waals surface area contributed by atoms with Gasteiger partial charge in [-0.3, -0.25) is 9.88 Å². The molecule has 1 aliphatic heterocycles. The minimum Gasteiger partial charge on any atom is -0.507 e. The number of aromatic nitrogens is 1. The van der Waals surface area contributed by atoms with Crippen molar-refractivity contribution in [1.29, 1.82) is 0 Å². The van der Waals surface area contributed by atoms with Gasteiger partial charge in [0.25, 0.3) is 0 Å². The lowest BCUT2D eigenvalue weighted by Gasteiger charge is -2.39. The van der Waals surface area contributed by atoms with Gasteiger partial charge in [0.05, 0.1) is 6.04 Å². The van der Waals surface area contributed by atoms with E-state index < -0.39 is 12.8 Å². The summed E-state index contributed by atoms with van der Waals surface area (Å²) in [7, 11) is 2.09. The predicted octanol–water partition coefficient (Wildman–Crippen LogP) is 3.44. The number of piperazine rings is 1. The molecule has 1 fully saturated rings. The number of rotatable bonds is 5. The zero-order chi connectivity index (χ0) is 23.8. The molecule has 8 nitrogen and oxygen atoms in total. The van der Waals surface area contributed by atoms with Crippen molar-refractivity contribution >= 4 is 27.7 Å². The number of aromatic hydroxyl groups is 1. The fourth-order valence-electron chi connectivity index (χ4n) is 4.97. The smallest absolute Gasteiger partial charge is 0.344 e. The number of benzene rings is 2. The number of nitrogens with zero attached hydrogens (tertiary/aromatic N) is 3. The molecule has 8 heteroatoms. The summed E-state index contributed by atoms with van der Waals surface area (Å²) in [6, 6.07) is 11.0. The van der Waals surface area contributed by atoms with Gasteiger partial charge in [-0.05, 0) is 31.7 Å². The number of carbonyl (C=O) groups excluding carboxylic acids is 1. The maximum absolute atomic E-state index is 13.0. The van der Waals surface area contributed by atoms with Crippen molar-refractivity contribution in [1.82, 2.24) is 14.8 Å². The molecule has 1 atom stereocenters. The Bertz CT molecular complexity index is 1340. The molecule has 2 aromatic carbocycles. The third-order valence-electron chi connectivity index (χ3n) is 6.63. The molecule has 2 aromatic heterocycles. The lowest BCUT2D eigenvalue weighted by molar-refractivity contribution is 0.00685. The third kappa shape index (κ3) is 3.69. The van der Waals surface area contributed by atoms with Gasteiger partial charge in [-0.1, -0.05) is 24.3 Å². The van der Waals surface area contributed by atoms with E-state index in [1.807, 2.05) is 36.4 Å². The van der Waals surface area contributed by atoms with Crippen LogP contribution in [0.15, 0.2) is 53.2 Å². The molecule has 0 bridgehead atoms. The molecule has 1 aliphatic rings. The summed E-state index contributed by atoms with van der Waals surface area (Å²) in [6.45, 7) is 4.27. The van der Waals surface area contributed by atoms with Crippen LogP contribution >= 0.6 is 0 Å². The summed E-state index contributed by atoms with van der Waals surface area (Å²) >= 11 is 0. The molecule has 3 heterocycles. The lowest BCUT2D eigenvalue weighted by atomic mass is 9.89. The number of ether oxygens (including phenoxy) is 1. The van der Waals surface area contributed by atoms with Crippen LogP contribution in [0.1, 0.15) is 33.3 Å². The summed E-state index contributed by atoms with van der Waals surface area (Å²) in [5.74, 6) is -0.221. The molecule has 176 valence electrons. The second-order valence-corrected chi connectivity index (χ2v) is 8.63. The Morgan fingerprint density at radius 3 is 2.47 bits per heavy atom. The number of aryl methyl sites for hydroxylation is 1. The van der Waals surface area contributed by atoms with Crippen molar-refractivity contribution in [2.45, 2.75) is 13.0 Å². The second kappa shape index (κ2) is 9.06. The van der Waals surface area contributed by atoms with Gasteiger partial charge in [0.1, 0.15) is 22.7 Å². The molecular weight excluding hydrogens is 434 g/mol. The number of phenolic OH excluding ortho intramolecular Hbond substituents is 1. The van der Waals surface area contributed by atoms with Gasteiger partial charge in [0.15, 0.2) is 6.79 Å². The van der Waals surface area contributed by atoms with Crippen LogP contribution < -0.4 is 0 Å². The van der Waals surface area contributed by atoms with Gasteiger partial charge >= 0.3 is 5.97 Å². The Hall–Kier alpha value is -3.46. The van der Waals surface area contributed by atoms with Gasteiger partial charge < -0.3 is 24.3 Å². The highest BCUT2D eigenvalue weighted by Gasteiger charge is 2.34. The molecule has 0 amide bonds. The molecule has 2 N–H and O–H groups in total. The van der Waals surface area contributed by atoms with Crippen LogP contribution in [-0.4, -0.2) is 71.0 Å². The first-order valence-corrected chi connectivity index (χ1v) is 11.3. The van der Waals surface area contributed by atoms with E-state index in [2.05, 4.69) is 21.8 Å². The fraction of sp³-hybridized carbons (Fsp3) is 0.308. The average molecular weight is 462 g/mol. The zero-order valence-corrected chi connectivity index (χ0v) is 19.2. The van der Waals surface area contributed by atoms with E-state index in [1.165, 1.54) is 0 Å². The number of hydrogen-bond donors (Lipinski definition) is 2. The summed E-state index contributed by atoms with van der Waals surface area (Å²) < 4.78 is 11.1. The molecule has 1 saturated heterocycles.